The van der Waals surface area contributed by atoms with Crippen molar-refractivity contribution in [3.8, 4) is 0 Å². The highest BCUT2D eigenvalue weighted by Crippen LogP contribution is 2.09. The van der Waals surface area contributed by atoms with Gasteiger partial charge in [0.15, 0.2) is 0 Å². The number of aromatic nitrogens is 2. The van der Waals surface area contributed by atoms with Gasteiger partial charge in [0, 0.05) is 12.7 Å². The molecule has 0 spiro atoms. The van der Waals surface area contributed by atoms with E-state index in [1.54, 1.807) is 6.20 Å². The number of furan rings is 1. The molecule has 2 heterocycles. The molecular formula is C12H16ClN3O. The summed E-state index contributed by atoms with van der Waals surface area (Å²) in [4.78, 5) is 2.19. The summed E-state index contributed by atoms with van der Waals surface area (Å²) in [6.07, 6.45) is 3.48. The van der Waals surface area contributed by atoms with E-state index >= 15 is 0 Å². The van der Waals surface area contributed by atoms with Gasteiger partial charge in [0.2, 0.25) is 0 Å². The highest BCUT2D eigenvalue weighted by molar-refractivity contribution is 6.30. The predicted octanol–water partition coefficient (Wildman–Crippen LogP) is 2.57. The van der Waals surface area contributed by atoms with E-state index in [2.05, 4.69) is 17.0 Å². The first kappa shape index (κ1) is 12.2. The minimum absolute atomic E-state index is 0.675. The van der Waals surface area contributed by atoms with Crippen molar-refractivity contribution >= 4 is 11.6 Å². The van der Waals surface area contributed by atoms with Crippen LogP contribution in [0.4, 0.5) is 0 Å². The summed E-state index contributed by atoms with van der Waals surface area (Å²) in [6.45, 7) is 4.48. The van der Waals surface area contributed by atoms with Gasteiger partial charge >= 0.3 is 0 Å². The van der Waals surface area contributed by atoms with E-state index in [1.807, 2.05) is 29.9 Å². The fourth-order valence-corrected chi connectivity index (χ4v) is 1.81. The van der Waals surface area contributed by atoms with Crippen LogP contribution in [0.1, 0.15) is 11.5 Å². The van der Waals surface area contributed by atoms with Crippen molar-refractivity contribution in [2.24, 2.45) is 0 Å². The summed E-state index contributed by atoms with van der Waals surface area (Å²) in [5, 5.41) is 4.81. The van der Waals surface area contributed by atoms with Gasteiger partial charge in [-0.05, 0) is 26.1 Å². The molecule has 17 heavy (non-hydrogen) atoms. The van der Waals surface area contributed by atoms with Crippen molar-refractivity contribution in [1.29, 1.82) is 0 Å². The smallest absolute Gasteiger partial charge is 0.118 e. The Kier molecular flexibility index (Phi) is 3.86. The third-order valence-corrected chi connectivity index (χ3v) is 2.73. The molecule has 2 aromatic heterocycles. The zero-order valence-corrected chi connectivity index (χ0v) is 10.8. The first-order valence-electron chi connectivity index (χ1n) is 5.55. The molecule has 0 atom stereocenters. The molecule has 0 radical (unpaired) electrons. The van der Waals surface area contributed by atoms with Crippen molar-refractivity contribution in [2.75, 3.05) is 13.6 Å². The van der Waals surface area contributed by atoms with E-state index in [-0.39, 0.29) is 0 Å². The lowest BCUT2D eigenvalue weighted by atomic mass is 10.4. The Bertz CT molecular complexity index is 478. The molecule has 0 unspecified atom stereocenters. The summed E-state index contributed by atoms with van der Waals surface area (Å²) in [5.41, 5.74) is 0. The van der Waals surface area contributed by atoms with Crippen LogP contribution in [0.15, 0.2) is 28.9 Å². The number of rotatable bonds is 5. The molecule has 0 amide bonds. The zero-order chi connectivity index (χ0) is 12.3. The van der Waals surface area contributed by atoms with Crippen molar-refractivity contribution < 1.29 is 4.42 Å². The Morgan fingerprint density at radius 2 is 2.29 bits per heavy atom. The molecule has 0 N–H and O–H groups in total. The Balaban J connectivity index is 1.79. The number of aryl methyl sites for hydroxylation is 1. The van der Waals surface area contributed by atoms with Gasteiger partial charge in [0.25, 0.3) is 0 Å². The zero-order valence-electron chi connectivity index (χ0n) is 10.1. The van der Waals surface area contributed by atoms with Crippen LogP contribution in [0.25, 0.3) is 0 Å². The van der Waals surface area contributed by atoms with Crippen molar-refractivity contribution in [3.63, 3.8) is 0 Å². The maximum absolute atomic E-state index is 5.80. The minimum Gasteiger partial charge on any atom is -0.465 e. The van der Waals surface area contributed by atoms with Crippen LogP contribution in [0.5, 0.6) is 0 Å². The van der Waals surface area contributed by atoms with E-state index < -0.39 is 0 Å². The predicted molar refractivity (Wildman–Crippen MR) is 67.0 cm³/mol. The van der Waals surface area contributed by atoms with Gasteiger partial charge in [-0.1, -0.05) is 11.6 Å². The Hall–Kier alpha value is -1.26. The van der Waals surface area contributed by atoms with Gasteiger partial charge < -0.3 is 4.42 Å². The number of nitrogens with zero attached hydrogens (tertiary/aromatic N) is 3. The summed E-state index contributed by atoms with van der Waals surface area (Å²) < 4.78 is 7.36. The van der Waals surface area contributed by atoms with Gasteiger partial charge in [0.1, 0.15) is 11.5 Å². The minimum atomic E-state index is 0.675. The molecular weight excluding hydrogens is 238 g/mol. The molecule has 92 valence electrons. The average molecular weight is 254 g/mol. The quantitative estimate of drug-likeness (QED) is 0.821. The van der Waals surface area contributed by atoms with Gasteiger partial charge in [-0.15, -0.1) is 0 Å². The first-order chi connectivity index (χ1) is 8.13. The second kappa shape index (κ2) is 5.38. The van der Waals surface area contributed by atoms with E-state index in [1.165, 1.54) is 0 Å². The molecule has 0 aliphatic carbocycles. The monoisotopic (exact) mass is 253 g/mol. The lowest BCUT2D eigenvalue weighted by Gasteiger charge is -2.14. The lowest BCUT2D eigenvalue weighted by Crippen LogP contribution is -2.22. The van der Waals surface area contributed by atoms with Gasteiger partial charge in [-0.2, -0.15) is 5.10 Å². The van der Waals surface area contributed by atoms with Crippen LogP contribution >= 0.6 is 11.6 Å². The van der Waals surface area contributed by atoms with E-state index in [0.29, 0.717) is 5.02 Å². The molecule has 0 aliphatic rings. The van der Waals surface area contributed by atoms with Crippen LogP contribution in [0.2, 0.25) is 5.02 Å². The van der Waals surface area contributed by atoms with Crippen molar-refractivity contribution in [3.05, 3.63) is 41.1 Å². The fraction of sp³-hybridized carbons (Fsp3) is 0.417. The van der Waals surface area contributed by atoms with Crippen LogP contribution in [-0.2, 0) is 13.1 Å². The first-order valence-corrected chi connectivity index (χ1v) is 5.93. The topological polar surface area (TPSA) is 34.2 Å². The maximum atomic E-state index is 5.80. The molecule has 5 heteroatoms. The van der Waals surface area contributed by atoms with Gasteiger partial charge in [0.05, 0.1) is 24.3 Å². The molecule has 0 saturated heterocycles. The number of hydrogen-bond donors (Lipinski definition) is 0. The molecule has 0 aromatic carbocycles. The second-order valence-electron chi connectivity index (χ2n) is 4.17. The Morgan fingerprint density at radius 3 is 2.88 bits per heavy atom. The Morgan fingerprint density at radius 1 is 1.47 bits per heavy atom. The summed E-state index contributed by atoms with van der Waals surface area (Å²) in [7, 11) is 2.06. The van der Waals surface area contributed by atoms with Crippen LogP contribution in [0, 0.1) is 6.92 Å². The van der Waals surface area contributed by atoms with Crippen LogP contribution in [0.3, 0.4) is 0 Å². The molecule has 0 aliphatic heterocycles. The highest BCUT2D eigenvalue weighted by Gasteiger charge is 2.04. The molecule has 2 aromatic rings. The average Bonchev–Trinajstić information content (AvgIpc) is 2.85. The number of likely N-dealkylation sites (N-methyl/N-ethyl adjacent to an activating group) is 1. The molecule has 0 fully saturated rings. The van der Waals surface area contributed by atoms with Gasteiger partial charge in [-0.25, -0.2) is 0 Å². The van der Waals surface area contributed by atoms with Crippen LogP contribution < -0.4 is 0 Å². The fourth-order valence-electron chi connectivity index (χ4n) is 1.65. The normalized spacial score (nSPS) is 11.3. The molecule has 0 saturated carbocycles. The van der Waals surface area contributed by atoms with Gasteiger partial charge in [-0.3, -0.25) is 9.58 Å². The molecule has 0 bridgehead atoms. The van der Waals surface area contributed by atoms with Crippen molar-refractivity contribution in [1.82, 2.24) is 14.7 Å². The van der Waals surface area contributed by atoms with Crippen molar-refractivity contribution in [2.45, 2.75) is 20.0 Å². The number of halogens is 1. The van der Waals surface area contributed by atoms with Crippen LogP contribution in [-0.4, -0.2) is 28.3 Å². The third kappa shape index (κ3) is 3.61. The van der Waals surface area contributed by atoms with E-state index in [9.17, 15) is 0 Å². The largest absolute Gasteiger partial charge is 0.465 e. The van der Waals surface area contributed by atoms with E-state index in [0.717, 1.165) is 31.2 Å². The molecule has 2 rings (SSSR count). The second-order valence-corrected chi connectivity index (χ2v) is 4.61. The van der Waals surface area contributed by atoms with E-state index in [4.69, 9.17) is 16.0 Å². The summed E-state index contributed by atoms with van der Waals surface area (Å²) >= 11 is 5.80. The highest BCUT2D eigenvalue weighted by atomic mass is 35.5. The molecule has 4 nitrogen and oxygen atoms in total. The number of hydrogen-bond acceptors (Lipinski definition) is 3. The third-order valence-electron chi connectivity index (χ3n) is 2.53. The lowest BCUT2D eigenvalue weighted by molar-refractivity contribution is 0.277. The summed E-state index contributed by atoms with van der Waals surface area (Å²) in [5.74, 6) is 1.94. The SMILES string of the molecule is Cc1ccc(CN(C)CCn2cc(Cl)cn2)o1. The summed E-state index contributed by atoms with van der Waals surface area (Å²) in [6, 6.07) is 3.99. The standard InChI is InChI=1S/C12H16ClN3O/c1-10-3-4-12(17-10)9-15(2)5-6-16-8-11(13)7-14-16/h3-4,7-8H,5-6,9H2,1-2H3. The Labute approximate surface area is 106 Å². The maximum Gasteiger partial charge on any atom is 0.118 e.